The van der Waals surface area contributed by atoms with Crippen LogP contribution in [0.15, 0.2) is 158 Å². The summed E-state index contributed by atoms with van der Waals surface area (Å²) in [6, 6.07) is 56.9. The van der Waals surface area contributed by atoms with Gasteiger partial charge in [0, 0.05) is 49.6 Å². The molecule has 0 amide bonds. The number of rotatable bonds is 5. The molecule has 3 heterocycles. The molecule has 10 aromatic rings. The van der Waals surface area contributed by atoms with Crippen LogP contribution in [0.2, 0.25) is 0 Å². The average Bonchev–Trinajstić information content (AvgIpc) is 3.71. The van der Waals surface area contributed by atoms with E-state index in [0.717, 1.165) is 45.2 Å². The Morgan fingerprint density at radius 1 is 0.389 bits per heavy atom. The molecule has 258 valence electrons. The Balaban J connectivity index is 1.15. The van der Waals surface area contributed by atoms with Crippen molar-refractivity contribution in [1.29, 1.82) is 0 Å². The molecule has 0 spiro atoms. The molecule has 0 unspecified atom stereocenters. The van der Waals surface area contributed by atoms with Crippen molar-refractivity contribution in [2.75, 3.05) is 0 Å². The second-order valence-corrected chi connectivity index (χ2v) is 14.6. The van der Waals surface area contributed by atoms with Gasteiger partial charge < -0.3 is 9.13 Å². The molecular formula is C50H38N4. The lowest BCUT2D eigenvalue weighted by Gasteiger charge is -2.17. The summed E-state index contributed by atoms with van der Waals surface area (Å²) in [4.78, 5) is 10.3. The standard InChI is InChI=1S/C50H38N4/c1-31-13-11-15-35(25-31)43-30-44(52-50(51-43)36-16-12-14-32(2)26-36)41-27-34(4)49(28-33(41)3)54-47-22-10-7-19-40(47)42-29-37(23-24-48(42)54)53-45-20-8-5-17-38(45)39-18-6-9-21-46(39)53/h5-30H,1-4H3. The van der Waals surface area contributed by atoms with Crippen LogP contribution >= 0.6 is 0 Å². The van der Waals surface area contributed by atoms with Gasteiger partial charge in [0.2, 0.25) is 0 Å². The number of fused-ring (bicyclic) bond motifs is 6. The smallest absolute Gasteiger partial charge is 0.160 e. The predicted molar refractivity (Wildman–Crippen MR) is 226 cm³/mol. The second kappa shape index (κ2) is 12.4. The summed E-state index contributed by atoms with van der Waals surface area (Å²) < 4.78 is 4.83. The van der Waals surface area contributed by atoms with Crippen LogP contribution in [0, 0.1) is 27.7 Å². The minimum absolute atomic E-state index is 0.732. The van der Waals surface area contributed by atoms with E-state index >= 15 is 0 Å². The van der Waals surface area contributed by atoms with E-state index in [0.29, 0.717) is 0 Å². The maximum Gasteiger partial charge on any atom is 0.160 e. The second-order valence-electron chi connectivity index (χ2n) is 14.6. The number of aryl methyl sites for hydroxylation is 4. The third kappa shape index (κ3) is 5.14. The van der Waals surface area contributed by atoms with E-state index in [9.17, 15) is 0 Å². The molecule has 3 aromatic heterocycles. The molecule has 4 nitrogen and oxygen atoms in total. The molecule has 0 radical (unpaired) electrons. The highest BCUT2D eigenvalue weighted by atomic mass is 15.0. The van der Waals surface area contributed by atoms with Gasteiger partial charge in [-0.3, -0.25) is 0 Å². The normalized spacial score (nSPS) is 11.7. The number of benzene rings is 7. The van der Waals surface area contributed by atoms with Crippen LogP contribution in [0.1, 0.15) is 22.3 Å². The first kappa shape index (κ1) is 31.9. The Morgan fingerprint density at radius 3 is 1.61 bits per heavy atom. The van der Waals surface area contributed by atoms with E-state index in [1.807, 2.05) is 0 Å². The lowest BCUT2D eigenvalue weighted by atomic mass is 9.98. The third-order valence-electron chi connectivity index (χ3n) is 10.9. The van der Waals surface area contributed by atoms with Crippen LogP contribution in [0.4, 0.5) is 0 Å². The fourth-order valence-electron chi connectivity index (χ4n) is 8.33. The van der Waals surface area contributed by atoms with Crippen LogP contribution in [0.25, 0.3) is 88.9 Å². The highest BCUT2D eigenvalue weighted by Crippen LogP contribution is 2.39. The van der Waals surface area contributed by atoms with E-state index in [2.05, 4.69) is 195 Å². The van der Waals surface area contributed by atoms with Gasteiger partial charge >= 0.3 is 0 Å². The fourth-order valence-corrected chi connectivity index (χ4v) is 8.33. The molecule has 54 heavy (non-hydrogen) atoms. The highest BCUT2D eigenvalue weighted by Gasteiger charge is 2.19. The largest absolute Gasteiger partial charge is 0.309 e. The van der Waals surface area contributed by atoms with Crippen LogP contribution in [-0.4, -0.2) is 19.1 Å². The number of hydrogen-bond donors (Lipinski definition) is 0. The molecule has 0 fully saturated rings. The molecule has 4 heteroatoms. The maximum atomic E-state index is 5.21. The zero-order valence-electron chi connectivity index (χ0n) is 30.8. The highest BCUT2D eigenvalue weighted by molar-refractivity contribution is 6.12. The molecule has 0 N–H and O–H groups in total. The number of para-hydroxylation sites is 3. The Morgan fingerprint density at radius 2 is 0.944 bits per heavy atom. The van der Waals surface area contributed by atoms with Crippen molar-refractivity contribution in [2.24, 2.45) is 0 Å². The summed E-state index contributed by atoms with van der Waals surface area (Å²) in [6.07, 6.45) is 0. The van der Waals surface area contributed by atoms with Crippen molar-refractivity contribution < 1.29 is 0 Å². The molecule has 10 rings (SSSR count). The third-order valence-corrected chi connectivity index (χ3v) is 10.9. The summed E-state index contributed by atoms with van der Waals surface area (Å²) in [5.41, 5.74) is 16.9. The fraction of sp³-hybridized carbons (Fsp3) is 0.0800. The Bertz CT molecular complexity index is 2990. The van der Waals surface area contributed by atoms with Crippen LogP contribution < -0.4 is 0 Å². The zero-order chi connectivity index (χ0) is 36.5. The van der Waals surface area contributed by atoms with Crippen molar-refractivity contribution in [3.8, 4) is 45.3 Å². The van der Waals surface area contributed by atoms with Crippen molar-refractivity contribution >= 4 is 43.6 Å². The summed E-state index contributed by atoms with van der Waals surface area (Å²) in [5.74, 6) is 0.732. The minimum Gasteiger partial charge on any atom is -0.309 e. The first-order valence-electron chi connectivity index (χ1n) is 18.6. The lowest BCUT2D eigenvalue weighted by Crippen LogP contribution is -2.01. The number of nitrogens with zero attached hydrogens (tertiary/aromatic N) is 4. The summed E-state index contributed by atoms with van der Waals surface area (Å²) in [7, 11) is 0. The van der Waals surface area contributed by atoms with E-state index < -0.39 is 0 Å². The summed E-state index contributed by atoms with van der Waals surface area (Å²) >= 11 is 0. The van der Waals surface area contributed by atoms with Gasteiger partial charge in [0.15, 0.2) is 5.82 Å². The molecule has 0 aliphatic rings. The topological polar surface area (TPSA) is 35.6 Å². The van der Waals surface area contributed by atoms with Crippen LogP contribution in [0.5, 0.6) is 0 Å². The molecule has 0 saturated heterocycles. The van der Waals surface area contributed by atoms with E-state index in [1.54, 1.807) is 0 Å². The summed E-state index contributed by atoms with van der Waals surface area (Å²) in [5, 5.41) is 5.00. The molecule has 0 bridgehead atoms. The zero-order valence-corrected chi connectivity index (χ0v) is 30.8. The van der Waals surface area contributed by atoms with Gasteiger partial charge in [-0.2, -0.15) is 0 Å². The number of aromatic nitrogens is 4. The number of hydrogen-bond acceptors (Lipinski definition) is 2. The van der Waals surface area contributed by atoms with Crippen LogP contribution in [-0.2, 0) is 0 Å². The molecule has 0 saturated carbocycles. The van der Waals surface area contributed by atoms with E-state index in [-0.39, 0.29) is 0 Å². The van der Waals surface area contributed by atoms with Crippen molar-refractivity contribution in [3.05, 3.63) is 180 Å². The molecule has 0 atom stereocenters. The van der Waals surface area contributed by atoms with E-state index in [1.165, 1.54) is 66.0 Å². The monoisotopic (exact) mass is 694 g/mol. The Labute approximate surface area is 314 Å². The van der Waals surface area contributed by atoms with Crippen LogP contribution in [0.3, 0.4) is 0 Å². The van der Waals surface area contributed by atoms with Gasteiger partial charge in [0.25, 0.3) is 0 Å². The minimum atomic E-state index is 0.732. The maximum absolute atomic E-state index is 5.21. The average molecular weight is 695 g/mol. The first-order valence-corrected chi connectivity index (χ1v) is 18.6. The van der Waals surface area contributed by atoms with E-state index in [4.69, 9.17) is 9.97 Å². The first-order chi connectivity index (χ1) is 26.4. The van der Waals surface area contributed by atoms with Gasteiger partial charge in [0.05, 0.1) is 33.5 Å². The SMILES string of the molecule is Cc1cccc(-c2cc(-c3cc(C)c(-n4c5ccccc5c5cc(-n6c7ccccc7c7ccccc76)ccc54)cc3C)nc(-c3cccc(C)c3)n2)c1. The van der Waals surface area contributed by atoms with Gasteiger partial charge in [-0.1, -0.05) is 102 Å². The van der Waals surface area contributed by atoms with Crippen molar-refractivity contribution in [2.45, 2.75) is 27.7 Å². The molecular weight excluding hydrogens is 657 g/mol. The quantitative estimate of drug-likeness (QED) is 0.180. The lowest BCUT2D eigenvalue weighted by molar-refractivity contribution is 1.13. The van der Waals surface area contributed by atoms with Gasteiger partial charge in [-0.05, 0) is 106 Å². The van der Waals surface area contributed by atoms with Gasteiger partial charge in [0.1, 0.15) is 0 Å². The molecule has 0 aliphatic heterocycles. The van der Waals surface area contributed by atoms with Gasteiger partial charge in [-0.25, -0.2) is 9.97 Å². The van der Waals surface area contributed by atoms with Crippen molar-refractivity contribution in [1.82, 2.24) is 19.1 Å². The Kier molecular flexibility index (Phi) is 7.34. The predicted octanol–water partition coefficient (Wildman–Crippen LogP) is 12.9. The Hall–Kier alpha value is -6.78. The molecule has 7 aromatic carbocycles. The molecule has 0 aliphatic carbocycles. The summed E-state index contributed by atoms with van der Waals surface area (Å²) in [6.45, 7) is 8.66. The van der Waals surface area contributed by atoms with Crippen molar-refractivity contribution in [3.63, 3.8) is 0 Å². The van der Waals surface area contributed by atoms with Gasteiger partial charge in [-0.15, -0.1) is 0 Å².